The van der Waals surface area contributed by atoms with E-state index < -0.39 is 6.10 Å². The molecular weight excluding hydrogens is 310 g/mol. The van der Waals surface area contributed by atoms with Crippen LogP contribution in [0.3, 0.4) is 0 Å². The number of carbonyl (C=O) groups excluding carboxylic acids is 2. The fourth-order valence-corrected chi connectivity index (χ4v) is 3.65. The van der Waals surface area contributed by atoms with Gasteiger partial charge in [-0.25, -0.2) is 0 Å². The summed E-state index contributed by atoms with van der Waals surface area (Å²) in [6.07, 6.45) is 2.08. The lowest BCUT2D eigenvalue weighted by Gasteiger charge is -2.36. The van der Waals surface area contributed by atoms with Gasteiger partial charge in [-0.05, 0) is 19.8 Å². The molecule has 0 radical (unpaired) electrons. The van der Waals surface area contributed by atoms with Crippen LogP contribution in [0.25, 0.3) is 0 Å². The van der Waals surface area contributed by atoms with Crippen LogP contribution in [0.2, 0.25) is 0 Å². The minimum absolute atomic E-state index is 0.126. The average Bonchev–Trinajstić information content (AvgIpc) is 3.35. The van der Waals surface area contributed by atoms with Gasteiger partial charge in [-0.3, -0.25) is 14.5 Å². The van der Waals surface area contributed by atoms with Gasteiger partial charge in [-0.15, -0.1) is 0 Å². The summed E-state index contributed by atoms with van der Waals surface area (Å²) in [5.74, 6) is 0.114. The van der Waals surface area contributed by atoms with Gasteiger partial charge in [-0.1, -0.05) is 0 Å². The molecule has 2 amide bonds. The van der Waals surface area contributed by atoms with E-state index in [9.17, 15) is 14.7 Å². The van der Waals surface area contributed by atoms with E-state index in [2.05, 4.69) is 4.90 Å². The van der Waals surface area contributed by atoms with Crippen LogP contribution >= 0.6 is 0 Å². The first kappa shape index (κ1) is 17.6. The highest BCUT2D eigenvalue weighted by atomic mass is 16.5. The molecule has 7 heteroatoms. The largest absolute Gasteiger partial charge is 0.389 e. The summed E-state index contributed by atoms with van der Waals surface area (Å²) in [6.45, 7) is 6.95. The summed E-state index contributed by atoms with van der Waals surface area (Å²) in [4.78, 5) is 30.6. The number of aliphatic hydroxyl groups is 1. The third-order valence-electron chi connectivity index (χ3n) is 5.16. The van der Waals surface area contributed by atoms with Crippen LogP contribution in [0.5, 0.6) is 0 Å². The van der Waals surface area contributed by atoms with E-state index in [-0.39, 0.29) is 17.7 Å². The highest BCUT2D eigenvalue weighted by molar-refractivity contribution is 5.89. The van der Waals surface area contributed by atoms with Crippen molar-refractivity contribution in [1.82, 2.24) is 14.7 Å². The maximum atomic E-state index is 12.7. The summed E-state index contributed by atoms with van der Waals surface area (Å²) >= 11 is 0. The van der Waals surface area contributed by atoms with Gasteiger partial charge < -0.3 is 19.6 Å². The number of hydrogen-bond donors (Lipinski definition) is 1. The molecule has 0 aromatic rings. The van der Waals surface area contributed by atoms with Crippen molar-refractivity contribution in [2.24, 2.45) is 5.92 Å². The third-order valence-corrected chi connectivity index (χ3v) is 5.16. The predicted molar refractivity (Wildman–Crippen MR) is 88.4 cm³/mol. The summed E-state index contributed by atoms with van der Waals surface area (Å²) in [5.41, 5.74) is 0. The molecule has 1 aliphatic carbocycles. The minimum atomic E-state index is -0.480. The average molecular weight is 339 g/mol. The fraction of sp³-hybridized carbons (Fsp3) is 0.882. The van der Waals surface area contributed by atoms with Crippen molar-refractivity contribution in [2.45, 2.75) is 38.3 Å². The lowest BCUT2D eigenvalue weighted by molar-refractivity contribution is -0.137. The van der Waals surface area contributed by atoms with Crippen molar-refractivity contribution in [3.8, 4) is 0 Å². The molecule has 0 aromatic heterocycles. The molecule has 0 unspecified atom stereocenters. The Morgan fingerprint density at radius 3 is 2.62 bits per heavy atom. The molecule has 2 atom stereocenters. The lowest BCUT2D eigenvalue weighted by atomic mass is 10.1. The SMILES string of the molecule is CCOC[C@@H](O)CN1CCN(C(=O)[C@@H]2CC(=O)N(C3CC3)C2)CC1. The monoisotopic (exact) mass is 339 g/mol. The highest BCUT2D eigenvalue weighted by Crippen LogP contribution is 2.33. The van der Waals surface area contributed by atoms with Crippen LogP contribution in [-0.4, -0.2) is 96.2 Å². The lowest BCUT2D eigenvalue weighted by Crippen LogP contribution is -2.52. The quantitative estimate of drug-likeness (QED) is 0.679. The topological polar surface area (TPSA) is 73.3 Å². The second-order valence-corrected chi connectivity index (χ2v) is 7.12. The number of ether oxygens (including phenoxy) is 1. The third kappa shape index (κ3) is 4.26. The van der Waals surface area contributed by atoms with Gasteiger partial charge in [0.15, 0.2) is 0 Å². The van der Waals surface area contributed by atoms with Crippen LogP contribution in [0.1, 0.15) is 26.2 Å². The molecule has 1 N–H and O–H groups in total. The van der Waals surface area contributed by atoms with Gasteiger partial charge in [0.25, 0.3) is 0 Å². The van der Waals surface area contributed by atoms with E-state index >= 15 is 0 Å². The standard InChI is InChI=1S/C17H29N3O4/c1-2-24-12-15(21)11-18-5-7-19(8-6-18)17(23)13-9-16(22)20(10-13)14-3-4-14/h13-15,21H,2-12H2,1H3/t13-,15+/m1/s1. The Balaban J connectivity index is 1.41. The molecule has 2 saturated heterocycles. The maximum absolute atomic E-state index is 12.7. The molecule has 0 spiro atoms. The molecule has 1 saturated carbocycles. The predicted octanol–water partition coefficient (Wildman–Crippen LogP) is -0.461. The Hall–Kier alpha value is -1.18. The van der Waals surface area contributed by atoms with Crippen LogP contribution in [0.15, 0.2) is 0 Å². The fourth-order valence-electron chi connectivity index (χ4n) is 3.65. The second kappa shape index (κ2) is 7.80. The van der Waals surface area contributed by atoms with Gasteiger partial charge in [0.05, 0.1) is 18.6 Å². The van der Waals surface area contributed by atoms with Gasteiger partial charge in [0.2, 0.25) is 11.8 Å². The van der Waals surface area contributed by atoms with Crippen molar-refractivity contribution in [3.05, 3.63) is 0 Å². The van der Waals surface area contributed by atoms with Crippen molar-refractivity contribution < 1.29 is 19.4 Å². The molecule has 0 bridgehead atoms. The number of amides is 2. The highest BCUT2D eigenvalue weighted by Gasteiger charge is 2.43. The molecular formula is C17H29N3O4. The Bertz CT molecular complexity index is 461. The second-order valence-electron chi connectivity index (χ2n) is 7.12. The van der Waals surface area contributed by atoms with Crippen LogP contribution in [0, 0.1) is 5.92 Å². The Labute approximate surface area is 143 Å². The molecule has 3 aliphatic rings. The summed E-state index contributed by atoms with van der Waals surface area (Å²) in [6, 6.07) is 0.402. The van der Waals surface area contributed by atoms with Crippen LogP contribution < -0.4 is 0 Å². The van der Waals surface area contributed by atoms with E-state index in [1.54, 1.807) is 0 Å². The van der Waals surface area contributed by atoms with E-state index in [0.29, 0.717) is 51.9 Å². The number of nitrogens with zero attached hydrogens (tertiary/aromatic N) is 3. The van der Waals surface area contributed by atoms with Gasteiger partial charge >= 0.3 is 0 Å². The number of rotatable bonds is 7. The molecule has 0 aromatic carbocycles. The number of aliphatic hydroxyl groups excluding tert-OH is 1. The Morgan fingerprint density at radius 2 is 2.00 bits per heavy atom. The zero-order valence-corrected chi connectivity index (χ0v) is 14.5. The first-order chi connectivity index (χ1) is 11.6. The number of likely N-dealkylation sites (tertiary alicyclic amines) is 1. The van der Waals surface area contributed by atoms with Crippen molar-refractivity contribution in [2.75, 3.05) is 52.5 Å². The molecule has 2 heterocycles. The normalized spacial score (nSPS) is 26.9. The molecule has 24 heavy (non-hydrogen) atoms. The smallest absolute Gasteiger partial charge is 0.228 e. The van der Waals surface area contributed by atoms with E-state index in [4.69, 9.17) is 4.74 Å². The molecule has 3 rings (SSSR count). The number of carbonyl (C=O) groups is 2. The molecule has 3 fully saturated rings. The summed E-state index contributed by atoms with van der Waals surface area (Å²) in [5, 5.41) is 9.91. The van der Waals surface area contributed by atoms with Gasteiger partial charge in [0, 0.05) is 58.3 Å². The van der Waals surface area contributed by atoms with Crippen molar-refractivity contribution >= 4 is 11.8 Å². The van der Waals surface area contributed by atoms with Crippen molar-refractivity contribution in [1.29, 1.82) is 0 Å². The number of piperazine rings is 1. The number of β-amino-alcohol motifs (C(OH)–C–C–N with tert-alkyl or cyclic N) is 1. The first-order valence-electron chi connectivity index (χ1n) is 9.15. The maximum Gasteiger partial charge on any atom is 0.228 e. The van der Waals surface area contributed by atoms with E-state index in [0.717, 1.165) is 25.9 Å². The van der Waals surface area contributed by atoms with Crippen LogP contribution in [0.4, 0.5) is 0 Å². The van der Waals surface area contributed by atoms with E-state index in [1.165, 1.54) is 0 Å². The zero-order chi connectivity index (χ0) is 17.1. The summed E-state index contributed by atoms with van der Waals surface area (Å²) < 4.78 is 5.23. The number of hydrogen-bond acceptors (Lipinski definition) is 5. The Kier molecular flexibility index (Phi) is 5.73. The molecule has 2 aliphatic heterocycles. The van der Waals surface area contributed by atoms with Crippen LogP contribution in [-0.2, 0) is 14.3 Å². The minimum Gasteiger partial charge on any atom is -0.389 e. The first-order valence-corrected chi connectivity index (χ1v) is 9.15. The summed E-state index contributed by atoms with van der Waals surface area (Å²) in [7, 11) is 0. The van der Waals surface area contributed by atoms with Gasteiger partial charge in [0.1, 0.15) is 0 Å². The van der Waals surface area contributed by atoms with E-state index in [1.807, 2.05) is 16.7 Å². The van der Waals surface area contributed by atoms with Crippen molar-refractivity contribution in [3.63, 3.8) is 0 Å². The zero-order valence-electron chi connectivity index (χ0n) is 14.5. The van der Waals surface area contributed by atoms with Gasteiger partial charge in [-0.2, -0.15) is 0 Å². The molecule has 136 valence electrons. The molecule has 7 nitrogen and oxygen atoms in total. The Morgan fingerprint density at radius 1 is 1.29 bits per heavy atom.